The van der Waals surface area contributed by atoms with Crippen molar-refractivity contribution in [2.24, 2.45) is 11.8 Å². The summed E-state index contributed by atoms with van der Waals surface area (Å²) in [4.78, 5) is 2.53. The molecule has 1 heterocycles. The standard InChI is InChI=1S/C14H20BrNO/c1-10-7-16(8-11(10)2)9-12-4-5-14(17-3)13(15)6-12/h4-6,10-11H,7-9H2,1-3H3. The fraction of sp³-hybridized carbons (Fsp3) is 0.571. The lowest BCUT2D eigenvalue weighted by Gasteiger charge is -2.16. The Morgan fingerprint density at radius 1 is 1.29 bits per heavy atom. The van der Waals surface area contributed by atoms with Crippen LogP contribution >= 0.6 is 15.9 Å². The second-order valence-corrected chi connectivity index (χ2v) is 5.97. The van der Waals surface area contributed by atoms with Crippen LogP contribution < -0.4 is 4.74 Å². The molecule has 0 aliphatic carbocycles. The van der Waals surface area contributed by atoms with Gasteiger partial charge in [0.05, 0.1) is 11.6 Å². The Morgan fingerprint density at radius 3 is 2.47 bits per heavy atom. The van der Waals surface area contributed by atoms with Gasteiger partial charge in [-0.25, -0.2) is 0 Å². The molecule has 2 atom stereocenters. The first-order valence-electron chi connectivity index (χ1n) is 6.15. The van der Waals surface area contributed by atoms with Crippen LogP contribution in [0.3, 0.4) is 0 Å². The summed E-state index contributed by atoms with van der Waals surface area (Å²) >= 11 is 3.54. The molecule has 0 radical (unpaired) electrons. The first kappa shape index (κ1) is 12.9. The zero-order valence-corrected chi connectivity index (χ0v) is 12.3. The topological polar surface area (TPSA) is 12.5 Å². The minimum absolute atomic E-state index is 0.816. The highest BCUT2D eigenvalue weighted by Crippen LogP contribution is 2.28. The highest BCUT2D eigenvalue weighted by molar-refractivity contribution is 9.10. The zero-order chi connectivity index (χ0) is 12.4. The highest BCUT2D eigenvalue weighted by atomic mass is 79.9. The first-order chi connectivity index (χ1) is 8.10. The van der Waals surface area contributed by atoms with E-state index in [0.29, 0.717) is 0 Å². The second-order valence-electron chi connectivity index (χ2n) is 5.12. The fourth-order valence-electron chi connectivity index (χ4n) is 2.44. The summed E-state index contributed by atoms with van der Waals surface area (Å²) in [5.74, 6) is 2.53. The van der Waals surface area contributed by atoms with E-state index in [4.69, 9.17) is 4.74 Å². The molecule has 0 spiro atoms. The van der Waals surface area contributed by atoms with Crippen LogP contribution in [-0.4, -0.2) is 25.1 Å². The smallest absolute Gasteiger partial charge is 0.133 e. The summed E-state index contributed by atoms with van der Waals surface area (Å²) in [6.07, 6.45) is 0. The van der Waals surface area contributed by atoms with Gasteiger partial charge < -0.3 is 4.74 Å². The lowest BCUT2D eigenvalue weighted by atomic mass is 10.0. The number of likely N-dealkylation sites (tertiary alicyclic amines) is 1. The zero-order valence-electron chi connectivity index (χ0n) is 10.7. The number of benzene rings is 1. The summed E-state index contributed by atoms with van der Waals surface area (Å²) in [5, 5.41) is 0. The van der Waals surface area contributed by atoms with Gasteiger partial charge in [-0.3, -0.25) is 4.90 Å². The Bertz CT molecular complexity index is 384. The molecule has 0 saturated carbocycles. The fourth-order valence-corrected chi connectivity index (χ4v) is 3.03. The molecule has 2 nitrogen and oxygen atoms in total. The van der Waals surface area contributed by atoms with Crippen LogP contribution in [0.5, 0.6) is 5.75 Å². The quantitative estimate of drug-likeness (QED) is 0.846. The molecule has 3 heteroatoms. The van der Waals surface area contributed by atoms with Gasteiger partial charge in [-0.15, -0.1) is 0 Å². The van der Waals surface area contributed by atoms with Crippen LogP contribution in [0.25, 0.3) is 0 Å². The van der Waals surface area contributed by atoms with Crippen molar-refractivity contribution in [2.75, 3.05) is 20.2 Å². The second kappa shape index (κ2) is 5.40. The molecule has 0 amide bonds. The van der Waals surface area contributed by atoms with Gasteiger partial charge in [-0.1, -0.05) is 19.9 Å². The Kier molecular flexibility index (Phi) is 4.10. The molecule has 1 aromatic rings. The summed E-state index contributed by atoms with van der Waals surface area (Å²) in [7, 11) is 1.70. The number of rotatable bonds is 3. The van der Waals surface area contributed by atoms with Crippen LogP contribution in [0.2, 0.25) is 0 Å². The molecular weight excluding hydrogens is 278 g/mol. The summed E-state index contributed by atoms with van der Waals surface area (Å²) in [6, 6.07) is 6.34. The third kappa shape index (κ3) is 3.02. The van der Waals surface area contributed by atoms with Crippen LogP contribution in [0, 0.1) is 11.8 Å². The third-order valence-electron chi connectivity index (χ3n) is 3.69. The van der Waals surface area contributed by atoms with Crippen molar-refractivity contribution in [1.29, 1.82) is 0 Å². The molecule has 2 unspecified atom stereocenters. The van der Waals surface area contributed by atoms with Gasteiger partial charge in [-0.05, 0) is 45.5 Å². The van der Waals surface area contributed by atoms with Crippen molar-refractivity contribution in [1.82, 2.24) is 4.90 Å². The predicted octanol–water partition coefficient (Wildman–Crippen LogP) is 3.55. The van der Waals surface area contributed by atoms with Crippen molar-refractivity contribution in [3.63, 3.8) is 0 Å². The number of halogens is 1. The van der Waals surface area contributed by atoms with E-state index in [1.54, 1.807) is 7.11 Å². The summed E-state index contributed by atoms with van der Waals surface area (Å²) in [5.41, 5.74) is 1.35. The minimum Gasteiger partial charge on any atom is -0.496 e. The normalized spacial score (nSPS) is 25.2. The molecule has 1 aromatic carbocycles. The lowest BCUT2D eigenvalue weighted by molar-refractivity contribution is 0.316. The maximum absolute atomic E-state index is 5.24. The molecule has 1 aliphatic rings. The molecule has 1 saturated heterocycles. The number of hydrogen-bond acceptors (Lipinski definition) is 2. The van der Waals surface area contributed by atoms with E-state index in [0.717, 1.165) is 28.6 Å². The average molecular weight is 298 g/mol. The van der Waals surface area contributed by atoms with Crippen molar-refractivity contribution in [2.45, 2.75) is 20.4 Å². The van der Waals surface area contributed by atoms with Crippen molar-refractivity contribution >= 4 is 15.9 Å². The molecule has 0 bridgehead atoms. The van der Waals surface area contributed by atoms with Gasteiger partial charge in [0.25, 0.3) is 0 Å². The van der Waals surface area contributed by atoms with Gasteiger partial charge in [0.15, 0.2) is 0 Å². The minimum atomic E-state index is 0.816. The monoisotopic (exact) mass is 297 g/mol. The predicted molar refractivity (Wildman–Crippen MR) is 74.3 cm³/mol. The molecule has 2 rings (SSSR count). The maximum Gasteiger partial charge on any atom is 0.133 e. The summed E-state index contributed by atoms with van der Waals surface area (Å²) in [6.45, 7) is 8.15. The molecule has 1 fully saturated rings. The van der Waals surface area contributed by atoms with Crippen molar-refractivity contribution < 1.29 is 4.74 Å². The molecule has 17 heavy (non-hydrogen) atoms. The molecule has 0 aromatic heterocycles. The molecular formula is C14H20BrNO. The molecule has 0 N–H and O–H groups in total. The van der Waals surface area contributed by atoms with Gasteiger partial charge >= 0.3 is 0 Å². The van der Waals surface area contributed by atoms with Crippen LogP contribution in [0.4, 0.5) is 0 Å². The van der Waals surface area contributed by atoms with E-state index < -0.39 is 0 Å². The number of hydrogen-bond donors (Lipinski definition) is 0. The Hall–Kier alpha value is -0.540. The largest absolute Gasteiger partial charge is 0.496 e. The van der Waals surface area contributed by atoms with Crippen molar-refractivity contribution in [3.05, 3.63) is 28.2 Å². The van der Waals surface area contributed by atoms with E-state index in [1.807, 2.05) is 6.07 Å². The highest BCUT2D eigenvalue weighted by Gasteiger charge is 2.25. The van der Waals surface area contributed by atoms with Crippen LogP contribution in [0.15, 0.2) is 22.7 Å². The third-order valence-corrected chi connectivity index (χ3v) is 4.31. The van der Waals surface area contributed by atoms with Gasteiger partial charge in [-0.2, -0.15) is 0 Å². The van der Waals surface area contributed by atoms with Gasteiger partial charge in [0, 0.05) is 19.6 Å². The Morgan fingerprint density at radius 2 is 1.94 bits per heavy atom. The molecule has 1 aliphatic heterocycles. The van der Waals surface area contributed by atoms with Gasteiger partial charge in [0.1, 0.15) is 5.75 Å². The number of ether oxygens (including phenoxy) is 1. The SMILES string of the molecule is COc1ccc(CN2CC(C)C(C)C2)cc1Br. The Balaban J connectivity index is 2.02. The van der Waals surface area contributed by atoms with Crippen LogP contribution in [-0.2, 0) is 6.54 Å². The van der Waals surface area contributed by atoms with Crippen LogP contribution in [0.1, 0.15) is 19.4 Å². The number of nitrogens with zero attached hydrogens (tertiary/aromatic N) is 1. The van der Waals surface area contributed by atoms with E-state index in [2.05, 4.69) is 46.8 Å². The van der Waals surface area contributed by atoms with E-state index in [1.165, 1.54) is 18.7 Å². The maximum atomic E-state index is 5.24. The average Bonchev–Trinajstić information content (AvgIpc) is 2.58. The van der Waals surface area contributed by atoms with Crippen molar-refractivity contribution in [3.8, 4) is 5.75 Å². The first-order valence-corrected chi connectivity index (χ1v) is 6.94. The Labute approximate surface area is 112 Å². The van der Waals surface area contributed by atoms with E-state index in [9.17, 15) is 0 Å². The number of methoxy groups -OCH3 is 1. The summed E-state index contributed by atoms with van der Waals surface area (Å²) < 4.78 is 6.28. The lowest BCUT2D eigenvalue weighted by Crippen LogP contribution is -2.20. The molecule has 94 valence electrons. The van der Waals surface area contributed by atoms with E-state index in [-0.39, 0.29) is 0 Å². The van der Waals surface area contributed by atoms with Gasteiger partial charge in [0.2, 0.25) is 0 Å². The van der Waals surface area contributed by atoms with E-state index >= 15 is 0 Å².